The van der Waals surface area contributed by atoms with Crippen LogP contribution in [0.3, 0.4) is 0 Å². The highest BCUT2D eigenvalue weighted by atomic mass is 16.2. The number of amides is 2. The lowest BCUT2D eigenvalue weighted by molar-refractivity contribution is -0.123. The van der Waals surface area contributed by atoms with E-state index in [4.69, 9.17) is 0 Å². The fraction of sp³-hybridized carbons (Fsp3) is 0.455. The van der Waals surface area contributed by atoms with Crippen molar-refractivity contribution in [1.82, 2.24) is 9.97 Å². The van der Waals surface area contributed by atoms with Gasteiger partial charge in [-0.05, 0) is 44.2 Å². The summed E-state index contributed by atoms with van der Waals surface area (Å²) < 4.78 is 0. The lowest BCUT2D eigenvalue weighted by atomic mass is 9.92. The molecule has 4 rings (SSSR count). The monoisotopic (exact) mass is 409 g/mol. The molecule has 8 nitrogen and oxygen atoms in total. The van der Waals surface area contributed by atoms with Gasteiger partial charge in [0.15, 0.2) is 0 Å². The first kappa shape index (κ1) is 20.1. The van der Waals surface area contributed by atoms with Gasteiger partial charge in [0.05, 0.1) is 11.5 Å². The number of fused-ring (bicyclic) bond motifs is 1. The van der Waals surface area contributed by atoms with Gasteiger partial charge in [-0.3, -0.25) is 19.4 Å². The minimum absolute atomic E-state index is 0.0882. The Hall–Kier alpha value is -3.16. The molecule has 0 bridgehead atoms. The number of hydrogen-bond acceptors (Lipinski definition) is 5. The number of carbonyl (C=O) groups is 2. The number of benzene rings is 1. The Bertz CT molecular complexity index is 1050. The summed E-state index contributed by atoms with van der Waals surface area (Å²) in [4.78, 5) is 47.6. The van der Waals surface area contributed by atoms with Gasteiger partial charge in [-0.1, -0.05) is 24.6 Å². The smallest absolute Gasteiger partial charge is 0.258 e. The first-order valence-electron chi connectivity index (χ1n) is 10.4. The lowest BCUT2D eigenvalue weighted by Crippen LogP contribution is -2.39. The largest absolute Gasteiger partial charge is 0.342 e. The quantitative estimate of drug-likeness (QED) is 0.723. The summed E-state index contributed by atoms with van der Waals surface area (Å²) in [6.07, 6.45) is 1.96. The van der Waals surface area contributed by atoms with Crippen molar-refractivity contribution in [2.75, 3.05) is 28.6 Å². The van der Waals surface area contributed by atoms with Gasteiger partial charge in [0, 0.05) is 25.2 Å². The van der Waals surface area contributed by atoms with E-state index in [0.717, 1.165) is 37.1 Å². The zero-order valence-electron chi connectivity index (χ0n) is 17.5. The van der Waals surface area contributed by atoms with Crippen molar-refractivity contribution in [3.63, 3.8) is 0 Å². The summed E-state index contributed by atoms with van der Waals surface area (Å²) in [6.45, 7) is 7.69. The SMILES string of the molecule is Cc1ccc(NC(=O)C2CC(=O)Nc3nc(N4CCC(C)CC4)[nH]c(=O)c32)c(C)c1. The van der Waals surface area contributed by atoms with Crippen molar-refractivity contribution < 1.29 is 9.59 Å². The average molecular weight is 409 g/mol. The molecule has 2 aliphatic rings. The van der Waals surface area contributed by atoms with E-state index in [1.807, 2.05) is 36.9 Å². The second kappa shape index (κ2) is 7.93. The average Bonchev–Trinajstić information content (AvgIpc) is 2.69. The maximum Gasteiger partial charge on any atom is 0.258 e. The molecular formula is C22H27N5O3. The lowest BCUT2D eigenvalue weighted by Gasteiger charge is -2.31. The molecule has 8 heteroatoms. The van der Waals surface area contributed by atoms with Gasteiger partial charge < -0.3 is 15.5 Å². The van der Waals surface area contributed by atoms with Crippen LogP contribution in [0.15, 0.2) is 23.0 Å². The molecule has 0 saturated carbocycles. The van der Waals surface area contributed by atoms with Gasteiger partial charge in [0.2, 0.25) is 17.8 Å². The second-order valence-corrected chi connectivity index (χ2v) is 8.43. The standard InChI is InChI=1S/C22H27N5O3/c1-12-6-8-27(9-7-12)22-25-19-18(21(30)26-22)15(11-17(28)24-19)20(29)23-16-5-4-13(2)10-14(16)3/h4-5,10,12,15H,6-9,11H2,1-3H3,(H,23,29)(H2,24,25,26,28,30). The molecule has 158 valence electrons. The third-order valence-electron chi connectivity index (χ3n) is 5.98. The minimum atomic E-state index is -0.888. The minimum Gasteiger partial charge on any atom is -0.342 e. The highest BCUT2D eigenvalue weighted by Gasteiger charge is 2.35. The molecule has 1 aromatic carbocycles. The second-order valence-electron chi connectivity index (χ2n) is 8.43. The van der Waals surface area contributed by atoms with Gasteiger partial charge in [-0.2, -0.15) is 4.98 Å². The van der Waals surface area contributed by atoms with Crippen LogP contribution in [0.2, 0.25) is 0 Å². The van der Waals surface area contributed by atoms with Gasteiger partial charge >= 0.3 is 0 Å². The van der Waals surface area contributed by atoms with E-state index >= 15 is 0 Å². The molecular weight excluding hydrogens is 382 g/mol. The van der Waals surface area contributed by atoms with Crippen LogP contribution in [-0.2, 0) is 9.59 Å². The van der Waals surface area contributed by atoms with Gasteiger partial charge in [-0.25, -0.2) is 0 Å². The Morgan fingerprint density at radius 2 is 1.93 bits per heavy atom. The first-order chi connectivity index (χ1) is 14.3. The summed E-state index contributed by atoms with van der Waals surface area (Å²) in [5, 5.41) is 5.55. The molecule has 3 heterocycles. The molecule has 1 aromatic heterocycles. The summed E-state index contributed by atoms with van der Waals surface area (Å²) >= 11 is 0. The van der Waals surface area contributed by atoms with E-state index in [1.54, 1.807) is 0 Å². The number of H-pyrrole nitrogens is 1. The Morgan fingerprint density at radius 1 is 1.20 bits per heavy atom. The number of hydrogen-bond donors (Lipinski definition) is 3. The Kier molecular flexibility index (Phi) is 5.32. The molecule has 2 aliphatic heterocycles. The van der Waals surface area contributed by atoms with Crippen molar-refractivity contribution in [2.45, 2.75) is 46.0 Å². The van der Waals surface area contributed by atoms with Gasteiger partial charge in [-0.15, -0.1) is 0 Å². The molecule has 0 radical (unpaired) electrons. The molecule has 3 N–H and O–H groups in total. The third-order valence-corrected chi connectivity index (χ3v) is 5.98. The van der Waals surface area contributed by atoms with E-state index < -0.39 is 5.92 Å². The van der Waals surface area contributed by atoms with E-state index in [1.165, 1.54) is 0 Å². The van der Waals surface area contributed by atoms with Crippen molar-refractivity contribution >= 4 is 29.3 Å². The number of piperidine rings is 1. The highest BCUT2D eigenvalue weighted by molar-refractivity contribution is 6.04. The van der Waals surface area contributed by atoms with Gasteiger partial charge in [0.1, 0.15) is 5.82 Å². The Labute approximate surface area is 175 Å². The molecule has 0 aliphatic carbocycles. The molecule has 1 atom stereocenters. The topological polar surface area (TPSA) is 107 Å². The number of carbonyl (C=O) groups excluding carboxylic acids is 2. The zero-order chi connectivity index (χ0) is 21.4. The zero-order valence-corrected chi connectivity index (χ0v) is 17.5. The first-order valence-corrected chi connectivity index (χ1v) is 10.4. The molecule has 1 fully saturated rings. The van der Waals surface area contributed by atoms with E-state index in [-0.39, 0.29) is 35.2 Å². The van der Waals surface area contributed by atoms with Crippen molar-refractivity contribution in [3.05, 3.63) is 45.2 Å². The van der Waals surface area contributed by atoms with E-state index in [2.05, 4.69) is 27.5 Å². The number of anilines is 3. The van der Waals surface area contributed by atoms with Crippen molar-refractivity contribution in [2.24, 2.45) is 5.92 Å². The van der Waals surface area contributed by atoms with Crippen LogP contribution in [0.1, 0.15) is 48.8 Å². The van der Waals surface area contributed by atoms with Gasteiger partial charge in [0.25, 0.3) is 5.56 Å². The van der Waals surface area contributed by atoms with Crippen LogP contribution in [0.4, 0.5) is 17.5 Å². The summed E-state index contributed by atoms with van der Waals surface area (Å²) in [5.41, 5.74) is 2.51. The molecule has 2 amide bonds. The molecule has 30 heavy (non-hydrogen) atoms. The van der Waals surface area contributed by atoms with Crippen LogP contribution in [0, 0.1) is 19.8 Å². The number of nitrogens with one attached hydrogen (secondary N) is 3. The highest BCUT2D eigenvalue weighted by Crippen LogP contribution is 2.31. The van der Waals surface area contributed by atoms with Crippen molar-refractivity contribution in [3.8, 4) is 0 Å². The Morgan fingerprint density at radius 3 is 2.63 bits per heavy atom. The number of aryl methyl sites for hydroxylation is 2. The maximum atomic E-state index is 13.0. The number of aromatic amines is 1. The fourth-order valence-electron chi connectivity index (χ4n) is 4.13. The van der Waals surface area contributed by atoms with Crippen LogP contribution < -0.4 is 21.1 Å². The molecule has 1 unspecified atom stereocenters. The summed E-state index contributed by atoms with van der Waals surface area (Å²) in [7, 11) is 0. The maximum absolute atomic E-state index is 13.0. The number of aromatic nitrogens is 2. The van der Waals surface area contributed by atoms with Crippen LogP contribution >= 0.6 is 0 Å². The Balaban J connectivity index is 1.63. The molecule has 1 saturated heterocycles. The third kappa shape index (κ3) is 3.94. The fourth-order valence-corrected chi connectivity index (χ4v) is 4.13. The van der Waals surface area contributed by atoms with Crippen LogP contribution in [0.5, 0.6) is 0 Å². The normalized spacial score (nSPS) is 19.2. The molecule has 2 aromatic rings. The predicted octanol–water partition coefficient (Wildman–Crippen LogP) is 2.69. The van der Waals surface area contributed by atoms with Crippen LogP contribution in [-0.4, -0.2) is 34.9 Å². The predicted molar refractivity (Wildman–Crippen MR) is 116 cm³/mol. The summed E-state index contributed by atoms with van der Waals surface area (Å²) in [6, 6.07) is 5.71. The number of rotatable bonds is 3. The van der Waals surface area contributed by atoms with Crippen molar-refractivity contribution in [1.29, 1.82) is 0 Å². The number of nitrogens with zero attached hydrogens (tertiary/aromatic N) is 2. The summed E-state index contributed by atoms with van der Waals surface area (Å²) in [5.74, 6) is -0.319. The van der Waals surface area contributed by atoms with Crippen LogP contribution in [0.25, 0.3) is 0 Å². The van der Waals surface area contributed by atoms with E-state index in [0.29, 0.717) is 17.6 Å². The molecule has 0 spiro atoms. The van der Waals surface area contributed by atoms with E-state index in [9.17, 15) is 14.4 Å².